The maximum absolute atomic E-state index is 5.35. The van der Waals surface area contributed by atoms with Crippen molar-refractivity contribution in [3.05, 3.63) is 54.2 Å². The molecular formula is C23H27N3O2. The normalized spacial score (nSPS) is 14.8. The lowest BCUT2D eigenvalue weighted by Gasteiger charge is -2.22. The summed E-state index contributed by atoms with van der Waals surface area (Å²) < 4.78 is 10.7. The lowest BCUT2D eigenvalue weighted by atomic mass is 9.90. The Morgan fingerprint density at radius 1 is 0.964 bits per heavy atom. The van der Waals surface area contributed by atoms with Crippen LogP contribution in [0.25, 0.3) is 10.8 Å². The van der Waals surface area contributed by atoms with E-state index >= 15 is 0 Å². The van der Waals surface area contributed by atoms with E-state index in [0.717, 1.165) is 53.8 Å². The number of pyridine rings is 1. The van der Waals surface area contributed by atoms with E-state index in [4.69, 9.17) is 9.47 Å². The second kappa shape index (κ2) is 8.48. The maximum Gasteiger partial charge on any atom is 0.130 e. The van der Waals surface area contributed by atoms with Gasteiger partial charge in [0.1, 0.15) is 17.3 Å². The highest BCUT2D eigenvalue weighted by Gasteiger charge is 2.13. The Labute approximate surface area is 166 Å². The van der Waals surface area contributed by atoms with Crippen LogP contribution in [0.1, 0.15) is 18.4 Å². The van der Waals surface area contributed by atoms with Crippen molar-refractivity contribution in [2.45, 2.75) is 19.3 Å². The molecule has 0 saturated carbocycles. The van der Waals surface area contributed by atoms with Gasteiger partial charge in [0.25, 0.3) is 0 Å². The van der Waals surface area contributed by atoms with Crippen LogP contribution >= 0.6 is 0 Å². The van der Waals surface area contributed by atoms with E-state index < -0.39 is 0 Å². The smallest absolute Gasteiger partial charge is 0.130 e. The van der Waals surface area contributed by atoms with E-state index in [1.54, 1.807) is 14.2 Å². The number of hydrogen-bond donors (Lipinski definition) is 2. The maximum atomic E-state index is 5.35. The number of hydrogen-bond acceptors (Lipinski definition) is 5. The fraction of sp³-hybridized carbons (Fsp3) is 0.348. The summed E-state index contributed by atoms with van der Waals surface area (Å²) in [5, 5.41) is 9.17. The Bertz CT molecular complexity index is 929. The molecule has 1 saturated heterocycles. The number of methoxy groups -OCH3 is 2. The van der Waals surface area contributed by atoms with Crippen LogP contribution < -0.4 is 20.1 Å². The number of rotatable bonds is 6. The third kappa shape index (κ3) is 4.37. The first-order valence-electron chi connectivity index (χ1n) is 9.83. The summed E-state index contributed by atoms with van der Waals surface area (Å²) in [4.78, 5) is 4.56. The van der Waals surface area contributed by atoms with Crippen molar-refractivity contribution in [2.24, 2.45) is 5.92 Å². The van der Waals surface area contributed by atoms with Crippen LogP contribution in [-0.4, -0.2) is 32.3 Å². The second-order valence-corrected chi connectivity index (χ2v) is 7.37. The minimum atomic E-state index is 0.742. The minimum Gasteiger partial charge on any atom is -0.497 e. The fourth-order valence-corrected chi connectivity index (χ4v) is 3.83. The summed E-state index contributed by atoms with van der Waals surface area (Å²) >= 11 is 0. The molecule has 1 aliphatic heterocycles. The molecule has 0 amide bonds. The molecule has 2 N–H and O–H groups in total. The summed E-state index contributed by atoms with van der Waals surface area (Å²) in [6.45, 7) is 2.28. The summed E-state index contributed by atoms with van der Waals surface area (Å²) in [5.41, 5.74) is 2.29. The first-order chi connectivity index (χ1) is 13.7. The van der Waals surface area contributed by atoms with Crippen LogP contribution in [0.2, 0.25) is 0 Å². The summed E-state index contributed by atoms with van der Waals surface area (Å²) in [6.07, 6.45) is 5.59. The van der Waals surface area contributed by atoms with Gasteiger partial charge in [-0.25, -0.2) is 4.98 Å². The molecule has 1 fully saturated rings. The van der Waals surface area contributed by atoms with Gasteiger partial charge in [-0.15, -0.1) is 0 Å². The number of nitrogens with zero attached hydrogens (tertiary/aromatic N) is 1. The monoisotopic (exact) mass is 377 g/mol. The molecule has 0 radical (unpaired) electrons. The number of benzene rings is 2. The van der Waals surface area contributed by atoms with E-state index in [1.165, 1.54) is 23.8 Å². The van der Waals surface area contributed by atoms with E-state index in [0.29, 0.717) is 0 Å². The van der Waals surface area contributed by atoms with Gasteiger partial charge >= 0.3 is 0 Å². The lowest BCUT2D eigenvalue weighted by Crippen LogP contribution is -2.28. The third-order valence-electron chi connectivity index (χ3n) is 5.39. The Hall–Kier alpha value is -2.79. The van der Waals surface area contributed by atoms with Crippen LogP contribution in [0.5, 0.6) is 11.5 Å². The minimum absolute atomic E-state index is 0.742. The number of fused-ring (bicyclic) bond motifs is 1. The molecule has 2 heterocycles. The molecule has 1 aromatic heterocycles. The summed E-state index contributed by atoms with van der Waals surface area (Å²) in [6, 6.07) is 14.5. The average Bonchev–Trinajstić information content (AvgIpc) is 2.74. The molecule has 0 unspecified atom stereocenters. The van der Waals surface area contributed by atoms with Crippen molar-refractivity contribution >= 4 is 22.3 Å². The first kappa shape index (κ1) is 18.6. The molecule has 3 aromatic rings. The van der Waals surface area contributed by atoms with E-state index in [9.17, 15) is 0 Å². The molecule has 5 heteroatoms. The van der Waals surface area contributed by atoms with Gasteiger partial charge in [-0.2, -0.15) is 0 Å². The van der Waals surface area contributed by atoms with E-state index in [2.05, 4.69) is 39.9 Å². The van der Waals surface area contributed by atoms with Gasteiger partial charge in [-0.05, 0) is 55.3 Å². The highest BCUT2D eigenvalue weighted by molar-refractivity contribution is 5.85. The van der Waals surface area contributed by atoms with Gasteiger partial charge in [-0.3, -0.25) is 0 Å². The molecule has 28 heavy (non-hydrogen) atoms. The van der Waals surface area contributed by atoms with Crippen LogP contribution in [-0.2, 0) is 6.42 Å². The fourth-order valence-electron chi connectivity index (χ4n) is 3.83. The third-order valence-corrected chi connectivity index (χ3v) is 5.39. The number of anilines is 2. The number of nitrogens with one attached hydrogen (secondary N) is 2. The SMILES string of the molecule is COc1cc(Nc2cc3cc(CC4CCNCC4)ccc3cn2)cc(OC)c1. The van der Waals surface area contributed by atoms with Gasteiger partial charge in [0.2, 0.25) is 0 Å². The predicted molar refractivity (Wildman–Crippen MR) is 114 cm³/mol. The van der Waals surface area contributed by atoms with Crippen molar-refractivity contribution in [3.8, 4) is 11.5 Å². The summed E-state index contributed by atoms with van der Waals surface area (Å²) in [7, 11) is 3.30. The van der Waals surface area contributed by atoms with Gasteiger partial charge < -0.3 is 20.1 Å². The zero-order chi connectivity index (χ0) is 19.3. The van der Waals surface area contributed by atoms with Gasteiger partial charge in [0.05, 0.1) is 14.2 Å². The quantitative estimate of drug-likeness (QED) is 0.661. The topological polar surface area (TPSA) is 55.4 Å². The molecule has 0 spiro atoms. The van der Waals surface area contributed by atoms with Gasteiger partial charge in [-0.1, -0.05) is 18.2 Å². The Morgan fingerprint density at radius 3 is 2.43 bits per heavy atom. The predicted octanol–water partition coefficient (Wildman–Crippen LogP) is 4.54. The van der Waals surface area contributed by atoms with Crippen molar-refractivity contribution in [2.75, 3.05) is 32.6 Å². The highest BCUT2D eigenvalue weighted by atomic mass is 16.5. The Balaban J connectivity index is 1.56. The number of ether oxygens (including phenoxy) is 2. The van der Waals surface area contributed by atoms with Crippen LogP contribution in [0.15, 0.2) is 48.7 Å². The van der Waals surface area contributed by atoms with Crippen molar-refractivity contribution in [1.82, 2.24) is 10.3 Å². The van der Waals surface area contributed by atoms with Crippen molar-refractivity contribution < 1.29 is 9.47 Å². The molecule has 0 aliphatic carbocycles. The molecule has 0 bridgehead atoms. The molecule has 4 rings (SSSR count). The average molecular weight is 377 g/mol. The molecular weight excluding hydrogens is 350 g/mol. The first-order valence-corrected chi connectivity index (χ1v) is 9.83. The molecule has 2 aromatic carbocycles. The van der Waals surface area contributed by atoms with Crippen LogP contribution in [0, 0.1) is 5.92 Å². The van der Waals surface area contributed by atoms with E-state index in [-0.39, 0.29) is 0 Å². The molecule has 146 valence electrons. The van der Waals surface area contributed by atoms with Crippen molar-refractivity contribution in [3.63, 3.8) is 0 Å². The molecule has 5 nitrogen and oxygen atoms in total. The highest BCUT2D eigenvalue weighted by Crippen LogP contribution is 2.29. The largest absolute Gasteiger partial charge is 0.497 e. The van der Waals surface area contributed by atoms with Crippen molar-refractivity contribution in [1.29, 1.82) is 0 Å². The van der Waals surface area contributed by atoms with Crippen LogP contribution in [0.4, 0.5) is 11.5 Å². The Morgan fingerprint density at radius 2 is 1.71 bits per heavy atom. The molecule has 1 aliphatic rings. The van der Waals surface area contributed by atoms with Crippen LogP contribution in [0.3, 0.4) is 0 Å². The standard InChI is InChI=1S/C23H27N3O2/c1-27-21-12-20(13-22(14-21)28-2)26-23-11-19-10-17(3-4-18(19)15-25-23)9-16-5-7-24-8-6-16/h3-4,10-16,24H,5-9H2,1-2H3,(H,25,26). The summed E-state index contributed by atoms with van der Waals surface area (Å²) in [5.74, 6) is 3.07. The lowest BCUT2D eigenvalue weighted by molar-refractivity contribution is 0.373. The number of piperidine rings is 1. The van der Waals surface area contributed by atoms with Gasteiger partial charge in [0, 0.05) is 35.5 Å². The Kier molecular flexibility index (Phi) is 5.63. The zero-order valence-electron chi connectivity index (χ0n) is 16.5. The zero-order valence-corrected chi connectivity index (χ0v) is 16.5. The van der Waals surface area contributed by atoms with E-state index in [1.807, 2.05) is 24.4 Å². The number of aromatic nitrogens is 1. The van der Waals surface area contributed by atoms with Gasteiger partial charge in [0.15, 0.2) is 0 Å². The second-order valence-electron chi connectivity index (χ2n) is 7.37. The molecule has 0 atom stereocenters.